The lowest BCUT2D eigenvalue weighted by Crippen LogP contribution is -2.13. The number of halogens is 1. The number of nitrogens with one attached hydrogen (secondary N) is 1. The average Bonchev–Trinajstić information content (AvgIpc) is 3.05. The van der Waals surface area contributed by atoms with Gasteiger partial charge in [0.2, 0.25) is 0 Å². The molecule has 0 saturated carbocycles. The van der Waals surface area contributed by atoms with Gasteiger partial charge in [-0.1, -0.05) is 23.4 Å². The summed E-state index contributed by atoms with van der Waals surface area (Å²) in [5.74, 6) is 0.0418. The van der Waals surface area contributed by atoms with E-state index >= 15 is 0 Å². The first-order valence-electron chi connectivity index (χ1n) is 6.51. The molecule has 0 unspecified atom stereocenters. The molecule has 0 atom stereocenters. The average molecular weight is 317 g/mol. The van der Waals surface area contributed by atoms with Crippen molar-refractivity contribution in [2.45, 2.75) is 13.8 Å². The summed E-state index contributed by atoms with van der Waals surface area (Å²) in [5.41, 5.74) is 0.530. The highest BCUT2D eigenvalue weighted by atomic mass is 32.1. The molecule has 0 saturated heterocycles. The van der Waals surface area contributed by atoms with Crippen molar-refractivity contribution in [3.05, 3.63) is 52.6 Å². The van der Waals surface area contributed by atoms with Gasteiger partial charge in [0.1, 0.15) is 17.3 Å². The Bertz CT molecular complexity index is 841. The van der Waals surface area contributed by atoms with Crippen LogP contribution >= 0.6 is 11.3 Å². The number of nitrogens with zero attached hydrogens (tertiary/aromatic N) is 2. The lowest BCUT2D eigenvalue weighted by atomic mass is 10.1. The van der Waals surface area contributed by atoms with Gasteiger partial charge < -0.3 is 9.84 Å². The SMILES string of the molecule is Cc1cc(NC(=O)c2nc(C)sc2-c2ccccc2F)no1. The molecule has 2 heterocycles. The number of rotatable bonds is 3. The van der Waals surface area contributed by atoms with Gasteiger partial charge in [-0.3, -0.25) is 4.79 Å². The van der Waals surface area contributed by atoms with Gasteiger partial charge in [-0.2, -0.15) is 0 Å². The van der Waals surface area contributed by atoms with Crippen molar-refractivity contribution in [2.75, 3.05) is 5.32 Å². The van der Waals surface area contributed by atoms with Gasteiger partial charge in [-0.05, 0) is 19.9 Å². The van der Waals surface area contributed by atoms with E-state index in [1.165, 1.54) is 17.4 Å². The fourth-order valence-electron chi connectivity index (χ4n) is 2.01. The third-order valence-corrected chi connectivity index (χ3v) is 3.94. The lowest BCUT2D eigenvalue weighted by molar-refractivity contribution is 0.102. The number of hydrogen-bond acceptors (Lipinski definition) is 5. The standard InChI is InChI=1S/C15H12FN3O2S/c1-8-7-12(19-21-8)18-15(20)13-14(22-9(2)17-13)10-5-3-4-6-11(10)16/h3-7H,1-2H3,(H,18,19,20). The topological polar surface area (TPSA) is 68.0 Å². The molecule has 0 bridgehead atoms. The van der Waals surface area contributed by atoms with E-state index in [1.807, 2.05) is 0 Å². The fraction of sp³-hybridized carbons (Fsp3) is 0.133. The van der Waals surface area contributed by atoms with E-state index in [1.54, 1.807) is 38.1 Å². The van der Waals surface area contributed by atoms with Crippen LogP contribution in [-0.4, -0.2) is 16.0 Å². The maximum atomic E-state index is 14.0. The van der Waals surface area contributed by atoms with Crippen molar-refractivity contribution in [2.24, 2.45) is 0 Å². The molecule has 1 aromatic carbocycles. The largest absolute Gasteiger partial charge is 0.360 e. The van der Waals surface area contributed by atoms with E-state index in [9.17, 15) is 9.18 Å². The monoisotopic (exact) mass is 317 g/mol. The molecule has 7 heteroatoms. The van der Waals surface area contributed by atoms with E-state index in [4.69, 9.17) is 4.52 Å². The molecule has 1 amide bonds. The van der Waals surface area contributed by atoms with Crippen LogP contribution in [0, 0.1) is 19.7 Å². The van der Waals surface area contributed by atoms with Gasteiger partial charge in [-0.15, -0.1) is 11.3 Å². The number of aryl methyl sites for hydroxylation is 2. The first kappa shape index (κ1) is 14.4. The molecule has 0 fully saturated rings. The highest BCUT2D eigenvalue weighted by Gasteiger charge is 2.21. The first-order valence-corrected chi connectivity index (χ1v) is 7.33. The van der Waals surface area contributed by atoms with Crippen LogP contribution in [0.2, 0.25) is 0 Å². The van der Waals surface area contributed by atoms with Crippen LogP contribution in [-0.2, 0) is 0 Å². The Morgan fingerprint density at radius 2 is 2.09 bits per heavy atom. The number of anilines is 1. The van der Waals surface area contributed by atoms with Crippen LogP contribution in [0.3, 0.4) is 0 Å². The molecule has 3 rings (SSSR count). The zero-order valence-electron chi connectivity index (χ0n) is 11.9. The van der Waals surface area contributed by atoms with E-state index in [2.05, 4.69) is 15.5 Å². The third kappa shape index (κ3) is 2.75. The maximum Gasteiger partial charge on any atom is 0.277 e. The second-order valence-electron chi connectivity index (χ2n) is 4.67. The highest BCUT2D eigenvalue weighted by molar-refractivity contribution is 7.15. The van der Waals surface area contributed by atoms with Crippen LogP contribution in [0.4, 0.5) is 10.2 Å². The van der Waals surface area contributed by atoms with E-state index in [0.717, 1.165) is 0 Å². The molecule has 1 N–H and O–H groups in total. The smallest absolute Gasteiger partial charge is 0.277 e. The molecule has 112 valence electrons. The normalized spacial score (nSPS) is 10.7. The highest BCUT2D eigenvalue weighted by Crippen LogP contribution is 2.32. The molecule has 0 aliphatic heterocycles. The molecule has 3 aromatic rings. The number of hydrogen-bond donors (Lipinski definition) is 1. The van der Waals surface area contributed by atoms with Gasteiger partial charge in [0.15, 0.2) is 5.82 Å². The van der Waals surface area contributed by atoms with E-state index < -0.39 is 11.7 Å². The molecular formula is C15H12FN3O2S. The number of carbonyl (C=O) groups is 1. The summed E-state index contributed by atoms with van der Waals surface area (Å²) in [6.45, 7) is 3.49. The molecule has 2 aromatic heterocycles. The second-order valence-corrected chi connectivity index (χ2v) is 5.87. The number of carbonyl (C=O) groups excluding carboxylic acids is 1. The summed E-state index contributed by atoms with van der Waals surface area (Å²) in [7, 11) is 0. The summed E-state index contributed by atoms with van der Waals surface area (Å²) < 4.78 is 18.9. The minimum atomic E-state index is -0.448. The van der Waals surface area contributed by atoms with Crippen LogP contribution in [0.15, 0.2) is 34.9 Å². The summed E-state index contributed by atoms with van der Waals surface area (Å²) >= 11 is 1.27. The molecule has 22 heavy (non-hydrogen) atoms. The van der Waals surface area contributed by atoms with Crippen LogP contribution in [0.5, 0.6) is 0 Å². The Morgan fingerprint density at radius 1 is 1.32 bits per heavy atom. The zero-order valence-corrected chi connectivity index (χ0v) is 12.7. The Hall–Kier alpha value is -2.54. The van der Waals surface area contributed by atoms with Crippen molar-refractivity contribution < 1.29 is 13.7 Å². The van der Waals surface area contributed by atoms with Crippen molar-refractivity contribution in [3.8, 4) is 10.4 Å². The van der Waals surface area contributed by atoms with Crippen molar-refractivity contribution in [1.29, 1.82) is 0 Å². The van der Waals surface area contributed by atoms with Gasteiger partial charge in [0, 0.05) is 11.6 Å². The number of benzene rings is 1. The summed E-state index contributed by atoms with van der Waals surface area (Å²) in [6.07, 6.45) is 0. The van der Waals surface area contributed by atoms with Crippen molar-refractivity contribution >= 4 is 23.1 Å². The first-order chi connectivity index (χ1) is 10.5. The fourth-order valence-corrected chi connectivity index (χ4v) is 2.95. The third-order valence-electron chi connectivity index (χ3n) is 2.94. The van der Waals surface area contributed by atoms with Gasteiger partial charge in [0.05, 0.1) is 9.88 Å². The predicted octanol–water partition coefficient (Wildman–Crippen LogP) is 3.81. The summed E-state index contributed by atoms with van der Waals surface area (Å²) in [5, 5.41) is 6.98. The Morgan fingerprint density at radius 3 is 2.77 bits per heavy atom. The molecule has 0 aliphatic carbocycles. The molecule has 0 aliphatic rings. The predicted molar refractivity (Wildman–Crippen MR) is 81.4 cm³/mol. The van der Waals surface area contributed by atoms with Crippen LogP contribution < -0.4 is 5.32 Å². The molecule has 0 spiro atoms. The Labute approximate surface area is 129 Å². The number of aromatic nitrogens is 2. The maximum absolute atomic E-state index is 14.0. The summed E-state index contributed by atoms with van der Waals surface area (Å²) in [4.78, 5) is 17.1. The number of thiazole rings is 1. The van der Waals surface area contributed by atoms with Crippen molar-refractivity contribution in [1.82, 2.24) is 10.1 Å². The van der Waals surface area contributed by atoms with Crippen LogP contribution in [0.1, 0.15) is 21.3 Å². The molecule has 5 nitrogen and oxygen atoms in total. The Kier molecular flexibility index (Phi) is 3.72. The van der Waals surface area contributed by atoms with E-state index in [0.29, 0.717) is 27.0 Å². The quantitative estimate of drug-likeness (QED) is 0.797. The minimum absolute atomic E-state index is 0.174. The van der Waals surface area contributed by atoms with E-state index in [-0.39, 0.29) is 5.69 Å². The van der Waals surface area contributed by atoms with Gasteiger partial charge in [-0.25, -0.2) is 9.37 Å². The van der Waals surface area contributed by atoms with Crippen molar-refractivity contribution in [3.63, 3.8) is 0 Å². The second kappa shape index (κ2) is 5.69. The minimum Gasteiger partial charge on any atom is -0.360 e. The summed E-state index contributed by atoms with van der Waals surface area (Å²) in [6, 6.07) is 7.90. The number of amides is 1. The molecule has 0 radical (unpaired) electrons. The zero-order chi connectivity index (χ0) is 15.7. The van der Waals surface area contributed by atoms with Gasteiger partial charge >= 0.3 is 0 Å². The van der Waals surface area contributed by atoms with Crippen LogP contribution in [0.25, 0.3) is 10.4 Å². The lowest BCUT2D eigenvalue weighted by Gasteiger charge is -2.03. The Balaban J connectivity index is 1.97. The molecular weight excluding hydrogens is 305 g/mol. The van der Waals surface area contributed by atoms with Gasteiger partial charge in [0.25, 0.3) is 5.91 Å².